The molecule has 1 heterocycles. The molecule has 0 aliphatic heterocycles. The van der Waals surface area contributed by atoms with E-state index in [1.54, 1.807) is 4.68 Å². The summed E-state index contributed by atoms with van der Waals surface area (Å²) in [6.07, 6.45) is 12.6. The highest BCUT2D eigenvalue weighted by Gasteiger charge is 2.68. The van der Waals surface area contributed by atoms with Crippen LogP contribution in [0.15, 0.2) is 30.5 Å². The first kappa shape index (κ1) is 26.3. The first-order chi connectivity index (χ1) is 18.1. The van der Waals surface area contributed by atoms with Crippen molar-refractivity contribution in [3.63, 3.8) is 0 Å². The Balaban J connectivity index is 1.19. The fraction of sp³-hybridized carbons (Fsp3) is 0.710. The van der Waals surface area contributed by atoms with Gasteiger partial charge in [-0.05, 0) is 111 Å². The molecule has 4 fully saturated rings. The minimum absolute atomic E-state index is 0.0333. The summed E-state index contributed by atoms with van der Waals surface area (Å²) >= 11 is 6.16. The molecule has 4 aliphatic carbocycles. The Labute approximate surface area is 231 Å². The van der Waals surface area contributed by atoms with Crippen LogP contribution < -0.4 is 0 Å². The van der Waals surface area contributed by atoms with Gasteiger partial charge in [0.1, 0.15) is 5.69 Å². The molecular weight excluding hydrogens is 498 g/mol. The number of ether oxygens (including phenoxy) is 2. The van der Waals surface area contributed by atoms with E-state index in [-0.39, 0.29) is 28.3 Å². The topological polar surface area (TPSA) is 66.2 Å². The molecule has 1 aromatic carbocycles. The molecule has 0 radical (unpaired) electrons. The van der Waals surface area contributed by atoms with Crippen LogP contribution in [0.5, 0.6) is 0 Å². The highest BCUT2D eigenvalue weighted by Crippen LogP contribution is 2.74. The van der Waals surface area contributed by atoms with Crippen molar-refractivity contribution in [1.29, 1.82) is 0 Å². The molecule has 6 nitrogen and oxygen atoms in total. The van der Waals surface area contributed by atoms with Crippen molar-refractivity contribution in [2.24, 2.45) is 33.5 Å². The predicted molar refractivity (Wildman–Crippen MR) is 147 cm³/mol. The van der Waals surface area contributed by atoms with Crippen LogP contribution in [-0.2, 0) is 20.9 Å². The van der Waals surface area contributed by atoms with Crippen molar-refractivity contribution in [2.75, 3.05) is 6.61 Å². The van der Waals surface area contributed by atoms with Gasteiger partial charge in [0.2, 0.25) is 0 Å². The van der Waals surface area contributed by atoms with Crippen LogP contribution >= 0.6 is 11.6 Å². The number of carbonyl (C=O) groups excluding carboxylic acids is 1. The molecule has 0 saturated heterocycles. The van der Waals surface area contributed by atoms with Crippen LogP contribution in [0.4, 0.5) is 0 Å². The Kier molecular flexibility index (Phi) is 6.46. The molecule has 7 heteroatoms. The molecule has 0 unspecified atom stereocenters. The van der Waals surface area contributed by atoms with Gasteiger partial charge < -0.3 is 9.47 Å². The SMILES string of the molecule is CCOC(=O)[C@]1(C)CCC[C@@]2(C)[C@@H]3CC[C@@]4(C)C[C@]3(CC[C@@H]21)C[C@H]4OCc1cn(-c2cccc(Cl)c2)nn1. The van der Waals surface area contributed by atoms with Crippen LogP contribution in [0.25, 0.3) is 5.69 Å². The van der Waals surface area contributed by atoms with E-state index >= 15 is 0 Å². The number of carbonyl (C=O) groups is 1. The molecule has 1 spiro atoms. The number of rotatable bonds is 6. The van der Waals surface area contributed by atoms with E-state index in [4.69, 9.17) is 21.1 Å². The Hall–Kier alpha value is -1.92. The van der Waals surface area contributed by atoms with Crippen molar-refractivity contribution in [2.45, 2.75) is 98.2 Å². The summed E-state index contributed by atoms with van der Waals surface area (Å²) < 4.78 is 14.1. The fourth-order valence-corrected chi connectivity index (χ4v) is 9.99. The molecule has 7 atom stereocenters. The van der Waals surface area contributed by atoms with Gasteiger partial charge in [-0.15, -0.1) is 5.10 Å². The van der Waals surface area contributed by atoms with Crippen molar-refractivity contribution in [1.82, 2.24) is 15.0 Å². The van der Waals surface area contributed by atoms with Gasteiger partial charge in [0.25, 0.3) is 0 Å². The summed E-state index contributed by atoms with van der Waals surface area (Å²) in [6.45, 7) is 10.0. The third kappa shape index (κ3) is 4.04. The quantitative estimate of drug-likeness (QED) is 0.364. The van der Waals surface area contributed by atoms with E-state index in [1.807, 2.05) is 37.4 Å². The lowest BCUT2D eigenvalue weighted by atomic mass is 9.40. The summed E-state index contributed by atoms with van der Waals surface area (Å²) in [5, 5.41) is 9.37. The largest absolute Gasteiger partial charge is 0.466 e. The van der Waals surface area contributed by atoms with Gasteiger partial charge in [0.15, 0.2) is 0 Å². The van der Waals surface area contributed by atoms with E-state index in [2.05, 4.69) is 31.1 Å². The Morgan fingerprint density at radius 1 is 1.13 bits per heavy atom. The normalized spacial score (nSPS) is 39.9. The van der Waals surface area contributed by atoms with Gasteiger partial charge in [0.05, 0.1) is 36.6 Å². The van der Waals surface area contributed by atoms with Gasteiger partial charge in [-0.25, -0.2) is 4.68 Å². The maximum Gasteiger partial charge on any atom is 0.312 e. The predicted octanol–water partition coefficient (Wildman–Crippen LogP) is 7.17. The van der Waals surface area contributed by atoms with Crippen molar-refractivity contribution in [3.05, 3.63) is 41.2 Å². The standard InChI is InChI=1S/C31H42ClN3O3/c1-5-37-27(36)30(4)13-7-12-29(3)24(30)11-15-31-17-26(28(2,20-31)14-10-25(29)31)38-19-22-18-35(34-33-22)23-9-6-8-21(32)16-23/h6,8-9,16,18,24-26H,5,7,10-15,17,19-20H2,1-4H3/t24-,25-,26+,28-,29+,30+,31-/m0/s1. The molecule has 2 aromatic rings. The van der Waals surface area contributed by atoms with E-state index < -0.39 is 0 Å². The molecule has 4 aliphatic rings. The molecule has 4 saturated carbocycles. The summed E-state index contributed by atoms with van der Waals surface area (Å²) in [4.78, 5) is 13.2. The van der Waals surface area contributed by atoms with Crippen molar-refractivity contribution < 1.29 is 14.3 Å². The highest BCUT2D eigenvalue weighted by molar-refractivity contribution is 6.30. The van der Waals surface area contributed by atoms with Crippen LogP contribution in [-0.4, -0.2) is 33.7 Å². The smallest absolute Gasteiger partial charge is 0.312 e. The van der Waals surface area contributed by atoms with Crippen LogP contribution in [0.1, 0.15) is 91.2 Å². The van der Waals surface area contributed by atoms with Gasteiger partial charge >= 0.3 is 5.97 Å². The lowest BCUT2D eigenvalue weighted by molar-refractivity contribution is -0.187. The zero-order valence-corrected chi connectivity index (χ0v) is 24.1. The van der Waals surface area contributed by atoms with Gasteiger partial charge in [-0.3, -0.25) is 4.79 Å². The molecular formula is C31H42ClN3O3. The van der Waals surface area contributed by atoms with E-state index in [0.717, 1.165) is 37.1 Å². The average Bonchev–Trinajstić information content (AvgIpc) is 3.42. The summed E-state index contributed by atoms with van der Waals surface area (Å²) in [5.41, 5.74) is 2.09. The van der Waals surface area contributed by atoms with Crippen LogP contribution in [0.3, 0.4) is 0 Å². The van der Waals surface area contributed by atoms with Crippen molar-refractivity contribution in [3.8, 4) is 5.69 Å². The number of fused-ring (bicyclic) bond motifs is 3. The van der Waals surface area contributed by atoms with Gasteiger partial charge in [0, 0.05) is 5.02 Å². The lowest BCUT2D eigenvalue weighted by Gasteiger charge is -2.64. The zero-order valence-electron chi connectivity index (χ0n) is 23.3. The Morgan fingerprint density at radius 2 is 1.95 bits per heavy atom. The van der Waals surface area contributed by atoms with Crippen LogP contribution in [0, 0.1) is 33.5 Å². The summed E-state index contributed by atoms with van der Waals surface area (Å²) in [6, 6.07) is 7.63. The fourth-order valence-electron chi connectivity index (χ4n) is 9.80. The Bertz CT molecular complexity index is 1220. The first-order valence-corrected chi connectivity index (χ1v) is 15.0. The second kappa shape index (κ2) is 9.33. The molecule has 38 heavy (non-hydrogen) atoms. The second-order valence-corrected chi connectivity index (χ2v) is 13.9. The summed E-state index contributed by atoms with van der Waals surface area (Å²) in [7, 11) is 0. The molecule has 0 amide bonds. The average molecular weight is 540 g/mol. The zero-order chi connectivity index (χ0) is 26.8. The number of benzene rings is 1. The number of halogens is 1. The van der Waals surface area contributed by atoms with E-state index in [9.17, 15) is 4.79 Å². The number of nitrogens with zero attached hydrogens (tertiary/aromatic N) is 3. The summed E-state index contributed by atoms with van der Waals surface area (Å²) in [5.74, 6) is 1.09. The number of aromatic nitrogens is 3. The maximum absolute atomic E-state index is 13.2. The minimum atomic E-state index is -0.352. The van der Waals surface area contributed by atoms with Gasteiger partial charge in [-0.1, -0.05) is 43.1 Å². The third-order valence-corrected chi connectivity index (χ3v) is 11.6. The van der Waals surface area contributed by atoms with Crippen LogP contribution in [0.2, 0.25) is 5.02 Å². The van der Waals surface area contributed by atoms with E-state index in [0.29, 0.717) is 35.5 Å². The number of hydrogen-bond acceptors (Lipinski definition) is 5. The highest BCUT2D eigenvalue weighted by atomic mass is 35.5. The molecule has 206 valence electrons. The number of hydrogen-bond donors (Lipinski definition) is 0. The molecule has 0 N–H and O–H groups in total. The third-order valence-electron chi connectivity index (χ3n) is 11.4. The van der Waals surface area contributed by atoms with Crippen molar-refractivity contribution >= 4 is 17.6 Å². The maximum atomic E-state index is 13.2. The molecule has 2 bridgehead atoms. The van der Waals surface area contributed by atoms with Gasteiger partial charge in [-0.2, -0.15) is 0 Å². The number of esters is 1. The Morgan fingerprint density at radius 3 is 2.74 bits per heavy atom. The molecule has 1 aromatic heterocycles. The monoisotopic (exact) mass is 539 g/mol. The first-order valence-electron chi connectivity index (χ1n) is 14.6. The molecule has 6 rings (SSSR count). The lowest BCUT2D eigenvalue weighted by Crippen LogP contribution is -2.58. The van der Waals surface area contributed by atoms with E-state index in [1.165, 1.54) is 32.1 Å². The second-order valence-electron chi connectivity index (χ2n) is 13.5. The minimum Gasteiger partial charge on any atom is -0.466 e.